The summed E-state index contributed by atoms with van der Waals surface area (Å²) < 4.78 is 16.0. The Bertz CT molecular complexity index is 1340. The number of likely N-dealkylation sites (N-methyl/N-ethyl adjacent to an activating group) is 1. The molecule has 216 valence electrons. The third kappa shape index (κ3) is 3.91. The third-order valence-electron chi connectivity index (χ3n) is 9.11. The van der Waals surface area contributed by atoms with Crippen molar-refractivity contribution in [1.29, 1.82) is 0 Å². The van der Waals surface area contributed by atoms with Crippen molar-refractivity contribution in [3.05, 3.63) is 22.5 Å². The summed E-state index contributed by atoms with van der Waals surface area (Å²) in [6, 6.07) is -1.22. The van der Waals surface area contributed by atoms with Gasteiger partial charge in [-0.05, 0) is 45.2 Å². The Balaban J connectivity index is 1.59. The lowest BCUT2D eigenvalue weighted by Gasteiger charge is -2.52. The number of amides is 1. The SMILES string of the molecule is CC(C)C[C@@H]1CNc2c(O)c3c(c(F)c2CN1)C[C@H]1C[C@H]2[C@H](N(C)C)C(=O)C(C(N)=O)C(=O)[C@@]2(O)C(=O)C1C3=O. The number of benzene rings is 1. The monoisotopic (exact) mass is 558 g/mol. The van der Waals surface area contributed by atoms with Crippen molar-refractivity contribution >= 4 is 34.7 Å². The van der Waals surface area contributed by atoms with Crippen molar-refractivity contribution in [2.75, 3.05) is 26.0 Å². The normalized spacial score (nSPS) is 33.6. The number of anilines is 1. The smallest absolute Gasteiger partial charge is 0.235 e. The number of primary amides is 1. The van der Waals surface area contributed by atoms with Crippen molar-refractivity contribution in [3.8, 4) is 5.75 Å². The molecule has 1 aromatic carbocycles. The summed E-state index contributed by atoms with van der Waals surface area (Å²) in [5.74, 6) is -12.0. The summed E-state index contributed by atoms with van der Waals surface area (Å²) in [6.45, 7) is 4.62. The lowest BCUT2D eigenvalue weighted by atomic mass is 9.52. The highest BCUT2D eigenvalue weighted by atomic mass is 19.1. The van der Waals surface area contributed by atoms with E-state index in [9.17, 15) is 34.2 Å². The number of aliphatic hydroxyl groups is 1. The number of carbonyl (C=O) groups excluding carboxylic acids is 5. The number of rotatable bonds is 4. The minimum absolute atomic E-state index is 0.00909. The quantitative estimate of drug-likeness (QED) is 0.248. The predicted molar refractivity (Wildman–Crippen MR) is 140 cm³/mol. The zero-order chi connectivity index (χ0) is 29.4. The number of fused-ring (bicyclic) bond motifs is 4. The van der Waals surface area contributed by atoms with Gasteiger partial charge in [-0.25, -0.2) is 4.39 Å². The van der Waals surface area contributed by atoms with Crippen LogP contribution in [0.1, 0.15) is 48.2 Å². The van der Waals surface area contributed by atoms with E-state index in [4.69, 9.17) is 5.73 Å². The van der Waals surface area contributed by atoms with Gasteiger partial charge in [0.25, 0.3) is 0 Å². The zero-order valence-corrected chi connectivity index (χ0v) is 22.9. The molecule has 1 aliphatic heterocycles. The summed E-state index contributed by atoms with van der Waals surface area (Å²) in [7, 11) is 3.02. The Labute approximate surface area is 230 Å². The maximum absolute atomic E-state index is 16.0. The number of nitrogens with one attached hydrogen (secondary N) is 2. The Morgan fingerprint density at radius 1 is 1.18 bits per heavy atom. The Kier molecular flexibility index (Phi) is 6.87. The van der Waals surface area contributed by atoms with E-state index in [1.807, 2.05) is 0 Å². The van der Waals surface area contributed by atoms with Crippen molar-refractivity contribution in [2.45, 2.75) is 57.3 Å². The van der Waals surface area contributed by atoms with E-state index >= 15 is 4.39 Å². The van der Waals surface area contributed by atoms with Gasteiger partial charge in [-0.2, -0.15) is 0 Å². The van der Waals surface area contributed by atoms with Crippen molar-refractivity contribution < 1.29 is 38.6 Å². The maximum Gasteiger partial charge on any atom is 0.235 e. The second-order valence-electron chi connectivity index (χ2n) is 12.2. The first kappa shape index (κ1) is 28.3. The van der Waals surface area contributed by atoms with Crippen LogP contribution in [-0.2, 0) is 32.1 Å². The molecule has 0 radical (unpaired) electrons. The van der Waals surface area contributed by atoms with Crippen LogP contribution in [-0.4, -0.2) is 82.5 Å². The number of nitrogens with two attached hydrogens (primary N) is 1. The fraction of sp³-hybridized carbons (Fsp3) is 0.607. The third-order valence-corrected chi connectivity index (χ3v) is 9.11. The van der Waals surface area contributed by atoms with E-state index in [1.54, 1.807) is 0 Å². The number of halogens is 1. The molecule has 4 aliphatic rings. The van der Waals surface area contributed by atoms with Crippen molar-refractivity contribution in [2.24, 2.45) is 35.3 Å². The molecule has 1 amide bonds. The number of ketones is 4. The van der Waals surface area contributed by atoms with Gasteiger partial charge in [0.2, 0.25) is 5.91 Å². The number of hydrogen-bond acceptors (Lipinski definition) is 10. The highest BCUT2D eigenvalue weighted by Gasteiger charge is 2.69. The average Bonchev–Trinajstić information content (AvgIpc) is 3.06. The summed E-state index contributed by atoms with van der Waals surface area (Å²) in [5.41, 5.74) is 2.39. The van der Waals surface area contributed by atoms with Crippen LogP contribution in [0.2, 0.25) is 0 Å². The van der Waals surface area contributed by atoms with Gasteiger partial charge in [-0.1, -0.05) is 13.8 Å². The molecule has 3 aliphatic carbocycles. The summed E-state index contributed by atoms with van der Waals surface area (Å²) >= 11 is 0. The van der Waals surface area contributed by atoms with E-state index in [0.717, 1.165) is 6.42 Å². The van der Waals surface area contributed by atoms with E-state index in [1.165, 1.54) is 19.0 Å². The number of hydrogen-bond donors (Lipinski definition) is 5. The van der Waals surface area contributed by atoms with Gasteiger partial charge in [-0.3, -0.25) is 28.9 Å². The molecule has 2 fully saturated rings. The van der Waals surface area contributed by atoms with Crippen molar-refractivity contribution in [3.63, 3.8) is 0 Å². The van der Waals surface area contributed by atoms with E-state index in [0.29, 0.717) is 12.5 Å². The Morgan fingerprint density at radius 2 is 1.85 bits per heavy atom. The van der Waals surface area contributed by atoms with Crippen LogP contribution in [0.5, 0.6) is 5.75 Å². The molecule has 7 atom stereocenters. The van der Waals surface area contributed by atoms with E-state index in [-0.39, 0.29) is 47.8 Å². The largest absolute Gasteiger partial charge is 0.505 e. The molecule has 6 N–H and O–H groups in total. The molecular weight excluding hydrogens is 523 g/mol. The molecule has 5 rings (SSSR count). The van der Waals surface area contributed by atoms with Crippen LogP contribution in [0.3, 0.4) is 0 Å². The van der Waals surface area contributed by atoms with Gasteiger partial charge in [0, 0.05) is 36.2 Å². The zero-order valence-electron chi connectivity index (χ0n) is 22.9. The van der Waals surface area contributed by atoms with Gasteiger partial charge >= 0.3 is 0 Å². The minimum Gasteiger partial charge on any atom is -0.505 e. The van der Waals surface area contributed by atoms with Crippen LogP contribution in [0.25, 0.3) is 0 Å². The number of aromatic hydroxyl groups is 1. The maximum atomic E-state index is 16.0. The fourth-order valence-corrected chi connectivity index (χ4v) is 7.39. The van der Waals surface area contributed by atoms with Gasteiger partial charge in [0.15, 0.2) is 34.7 Å². The number of phenolic OH excluding ortho intramolecular Hbond substituents is 1. The summed E-state index contributed by atoms with van der Waals surface area (Å²) in [4.78, 5) is 67.8. The van der Waals surface area contributed by atoms with Crippen LogP contribution < -0.4 is 16.4 Å². The number of carbonyl (C=O) groups is 5. The number of Topliss-reactive ketones (excluding diaryl/α,β-unsaturated/α-hetero) is 4. The van der Waals surface area contributed by atoms with Crippen LogP contribution >= 0.6 is 0 Å². The predicted octanol–water partition coefficient (Wildman–Crippen LogP) is -0.0641. The van der Waals surface area contributed by atoms with E-state index < -0.39 is 75.9 Å². The lowest BCUT2D eigenvalue weighted by Crippen LogP contribution is -2.74. The molecule has 11 nitrogen and oxygen atoms in total. The first-order chi connectivity index (χ1) is 18.7. The Morgan fingerprint density at radius 3 is 2.45 bits per heavy atom. The molecule has 2 saturated carbocycles. The minimum atomic E-state index is -2.82. The molecule has 0 bridgehead atoms. The molecule has 12 heteroatoms. The highest BCUT2D eigenvalue weighted by Crippen LogP contribution is 2.52. The fourth-order valence-electron chi connectivity index (χ4n) is 7.39. The van der Waals surface area contributed by atoms with Gasteiger partial charge in [-0.15, -0.1) is 0 Å². The molecule has 0 saturated heterocycles. The first-order valence-corrected chi connectivity index (χ1v) is 13.6. The van der Waals surface area contributed by atoms with Gasteiger partial charge in [0.05, 0.1) is 23.2 Å². The van der Waals surface area contributed by atoms with Crippen molar-refractivity contribution in [1.82, 2.24) is 10.2 Å². The second-order valence-corrected chi connectivity index (χ2v) is 12.2. The number of phenols is 1. The summed E-state index contributed by atoms with van der Waals surface area (Å²) in [6.07, 6.45) is 0.550. The molecular formula is C28H35FN4O7. The van der Waals surface area contributed by atoms with Crippen LogP contribution in [0, 0.1) is 35.4 Å². The molecule has 1 heterocycles. The average molecular weight is 559 g/mol. The molecule has 2 unspecified atom stereocenters. The standard InChI is InChI=1S/C28H35FN4O7/c1-10(2)5-12-8-32-20-14(9-31-12)19(29)13-6-11-7-15-21(33(3)4)24(36)18(27(30)39)26(38)28(15,40)25(37)16(11)22(34)17(13)23(20)35/h10-12,15-16,18,21,31-32,35,40H,5-9H2,1-4H3,(H2,30,39)/t11-,12+,15-,16?,18?,21-,28-/m0/s1. The van der Waals surface area contributed by atoms with Gasteiger partial charge in [0.1, 0.15) is 11.6 Å². The number of nitrogens with zero attached hydrogens (tertiary/aromatic N) is 1. The molecule has 0 spiro atoms. The highest BCUT2D eigenvalue weighted by molar-refractivity contribution is 6.32. The first-order valence-electron chi connectivity index (χ1n) is 13.6. The van der Waals surface area contributed by atoms with Crippen LogP contribution in [0.15, 0.2) is 0 Å². The van der Waals surface area contributed by atoms with Gasteiger partial charge < -0.3 is 26.6 Å². The Hall–Kier alpha value is -3.22. The lowest BCUT2D eigenvalue weighted by molar-refractivity contribution is -0.181. The second kappa shape index (κ2) is 9.71. The van der Waals surface area contributed by atoms with Crippen LogP contribution in [0.4, 0.5) is 10.1 Å². The molecule has 40 heavy (non-hydrogen) atoms. The topological polar surface area (TPSA) is 179 Å². The molecule has 0 aromatic heterocycles. The molecule has 1 aromatic rings. The summed E-state index contributed by atoms with van der Waals surface area (Å²) in [5, 5.41) is 29.2. The van der Waals surface area contributed by atoms with E-state index in [2.05, 4.69) is 24.5 Å².